The second kappa shape index (κ2) is 9.78. The lowest BCUT2D eigenvalue weighted by molar-refractivity contribution is 0.247. The Morgan fingerprint density at radius 1 is 1.16 bits per heavy atom. The number of benzene rings is 1. The van der Waals surface area contributed by atoms with Crippen LogP contribution in [-0.4, -0.2) is 46.6 Å². The number of urea groups is 1. The molecular weight excluding hydrogens is 416 g/mol. The van der Waals surface area contributed by atoms with Gasteiger partial charge in [-0.2, -0.15) is 4.31 Å². The molecule has 0 spiro atoms. The van der Waals surface area contributed by atoms with Gasteiger partial charge in [0.05, 0.1) is 10.9 Å². The molecule has 1 aromatic heterocycles. The van der Waals surface area contributed by atoms with Crippen molar-refractivity contribution in [2.24, 2.45) is 0 Å². The van der Waals surface area contributed by atoms with E-state index in [1.165, 1.54) is 22.9 Å². The fourth-order valence-electron chi connectivity index (χ4n) is 3.59. The number of carbonyl (C=O) groups excluding carboxylic acids is 1. The van der Waals surface area contributed by atoms with Crippen LogP contribution < -0.4 is 10.6 Å². The van der Waals surface area contributed by atoms with Gasteiger partial charge in [-0.3, -0.25) is 0 Å². The molecular formula is C21H32N6O3S. The molecule has 0 saturated heterocycles. The van der Waals surface area contributed by atoms with Gasteiger partial charge in [-0.15, -0.1) is 10.2 Å². The topological polar surface area (TPSA) is 109 Å². The van der Waals surface area contributed by atoms with Crippen molar-refractivity contribution in [2.45, 2.75) is 76.4 Å². The highest BCUT2D eigenvalue weighted by Crippen LogP contribution is 2.22. The van der Waals surface area contributed by atoms with Crippen molar-refractivity contribution in [1.29, 1.82) is 0 Å². The van der Waals surface area contributed by atoms with Crippen LogP contribution in [0.2, 0.25) is 0 Å². The zero-order valence-corrected chi connectivity index (χ0v) is 19.4. The van der Waals surface area contributed by atoms with Gasteiger partial charge < -0.3 is 15.2 Å². The van der Waals surface area contributed by atoms with Crippen LogP contribution in [0.5, 0.6) is 0 Å². The minimum Gasteiger partial charge on any atom is -0.328 e. The number of amides is 2. The van der Waals surface area contributed by atoms with Crippen LogP contribution in [-0.2, 0) is 23.0 Å². The molecule has 0 fully saturated rings. The molecule has 2 heterocycles. The van der Waals surface area contributed by atoms with E-state index in [2.05, 4.69) is 25.4 Å². The fraction of sp³-hybridized carbons (Fsp3) is 0.571. The molecule has 2 aromatic rings. The maximum atomic E-state index is 12.6. The van der Waals surface area contributed by atoms with Crippen LogP contribution in [0.25, 0.3) is 0 Å². The first kappa shape index (κ1) is 23.2. The van der Waals surface area contributed by atoms with E-state index in [0.717, 1.165) is 37.5 Å². The fourth-order valence-corrected chi connectivity index (χ4v) is 4.96. The normalized spacial score (nSPS) is 15.4. The molecule has 0 saturated carbocycles. The SMILES string of the molecule is CCC(NC(=O)Nc1ccc(S(=O)(=O)N(C)C(C)C)cc1)c1nnc2n1CCCCC2. The Morgan fingerprint density at radius 3 is 2.52 bits per heavy atom. The van der Waals surface area contributed by atoms with Crippen molar-refractivity contribution in [3.8, 4) is 0 Å². The Balaban J connectivity index is 1.67. The minimum atomic E-state index is -3.56. The molecule has 1 aliphatic heterocycles. The third-order valence-electron chi connectivity index (χ3n) is 5.68. The molecule has 1 atom stereocenters. The van der Waals surface area contributed by atoms with E-state index in [1.54, 1.807) is 19.2 Å². The zero-order chi connectivity index (χ0) is 22.6. The summed E-state index contributed by atoms with van der Waals surface area (Å²) in [6.07, 6.45) is 4.97. The molecule has 2 N–H and O–H groups in total. The van der Waals surface area contributed by atoms with Gasteiger partial charge in [-0.05, 0) is 57.4 Å². The number of fused-ring (bicyclic) bond motifs is 1. The number of aromatic nitrogens is 3. The number of nitrogens with one attached hydrogen (secondary N) is 2. The quantitative estimate of drug-likeness (QED) is 0.675. The molecule has 2 amide bonds. The molecule has 10 heteroatoms. The number of nitrogens with zero attached hydrogens (tertiary/aromatic N) is 4. The smallest absolute Gasteiger partial charge is 0.319 e. The number of anilines is 1. The monoisotopic (exact) mass is 448 g/mol. The molecule has 9 nitrogen and oxygen atoms in total. The predicted molar refractivity (Wildman–Crippen MR) is 119 cm³/mol. The van der Waals surface area contributed by atoms with E-state index in [0.29, 0.717) is 12.1 Å². The Kier molecular flexibility index (Phi) is 7.32. The van der Waals surface area contributed by atoms with E-state index >= 15 is 0 Å². The summed E-state index contributed by atoms with van der Waals surface area (Å²) in [5.41, 5.74) is 0.513. The third-order valence-corrected chi connectivity index (χ3v) is 7.73. The van der Waals surface area contributed by atoms with Gasteiger partial charge in [0, 0.05) is 31.7 Å². The van der Waals surface area contributed by atoms with Crippen LogP contribution in [0.4, 0.5) is 10.5 Å². The van der Waals surface area contributed by atoms with Crippen molar-refractivity contribution in [1.82, 2.24) is 24.4 Å². The molecule has 31 heavy (non-hydrogen) atoms. The summed E-state index contributed by atoms with van der Waals surface area (Å²) in [5, 5.41) is 14.4. The zero-order valence-electron chi connectivity index (χ0n) is 18.6. The summed E-state index contributed by atoms with van der Waals surface area (Å²) in [7, 11) is -2.01. The Morgan fingerprint density at radius 2 is 1.87 bits per heavy atom. The average Bonchev–Trinajstić information content (AvgIpc) is 2.99. The van der Waals surface area contributed by atoms with Crippen LogP contribution in [0.15, 0.2) is 29.2 Å². The molecule has 0 aliphatic carbocycles. The summed E-state index contributed by atoms with van der Waals surface area (Å²) in [6.45, 7) is 6.50. The highest BCUT2D eigenvalue weighted by atomic mass is 32.2. The first-order chi connectivity index (χ1) is 14.7. The molecule has 1 aromatic carbocycles. The molecule has 3 rings (SSSR count). The largest absolute Gasteiger partial charge is 0.328 e. The van der Waals surface area contributed by atoms with Crippen LogP contribution in [0, 0.1) is 0 Å². The highest BCUT2D eigenvalue weighted by molar-refractivity contribution is 7.89. The van der Waals surface area contributed by atoms with E-state index < -0.39 is 10.0 Å². The average molecular weight is 449 g/mol. The van der Waals surface area contributed by atoms with Gasteiger partial charge in [0.25, 0.3) is 0 Å². The summed E-state index contributed by atoms with van der Waals surface area (Å²) >= 11 is 0. The van der Waals surface area contributed by atoms with Crippen molar-refractivity contribution in [3.63, 3.8) is 0 Å². The molecule has 0 bridgehead atoms. The van der Waals surface area contributed by atoms with Gasteiger partial charge in [-0.25, -0.2) is 13.2 Å². The van der Waals surface area contributed by atoms with Crippen molar-refractivity contribution in [2.75, 3.05) is 12.4 Å². The maximum Gasteiger partial charge on any atom is 0.319 e. The van der Waals surface area contributed by atoms with Gasteiger partial charge >= 0.3 is 6.03 Å². The van der Waals surface area contributed by atoms with E-state index in [-0.39, 0.29) is 23.0 Å². The molecule has 0 radical (unpaired) electrons. The van der Waals surface area contributed by atoms with Gasteiger partial charge in [0.1, 0.15) is 5.82 Å². The summed E-state index contributed by atoms with van der Waals surface area (Å²) in [6, 6.07) is 5.41. The van der Waals surface area contributed by atoms with E-state index in [1.807, 2.05) is 20.8 Å². The Bertz CT molecular complexity index is 1000. The van der Waals surface area contributed by atoms with E-state index in [9.17, 15) is 13.2 Å². The number of hydrogen-bond donors (Lipinski definition) is 2. The van der Waals surface area contributed by atoms with Gasteiger partial charge in [0.15, 0.2) is 5.82 Å². The van der Waals surface area contributed by atoms with Gasteiger partial charge in [-0.1, -0.05) is 13.3 Å². The third kappa shape index (κ3) is 5.24. The Hall–Kier alpha value is -2.46. The lowest BCUT2D eigenvalue weighted by Crippen LogP contribution is -2.34. The molecule has 1 unspecified atom stereocenters. The first-order valence-electron chi connectivity index (χ1n) is 10.8. The number of carbonyl (C=O) groups is 1. The standard InChI is InChI=1S/C21H32N6O3S/c1-5-18(20-25-24-19-9-7-6-8-14-27(19)20)23-21(28)22-16-10-12-17(13-11-16)31(29,30)26(4)15(2)3/h10-13,15,18H,5-9,14H2,1-4H3,(H2,22,23,28). The minimum absolute atomic E-state index is 0.147. The lowest BCUT2D eigenvalue weighted by atomic mass is 10.2. The first-order valence-corrected chi connectivity index (χ1v) is 12.3. The van der Waals surface area contributed by atoms with Crippen molar-refractivity contribution in [3.05, 3.63) is 35.9 Å². The highest BCUT2D eigenvalue weighted by Gasteiger charge is 2.24. The molecule has 1 aliphatic rings. The van der Waals surface area contributed by atoms with Crippen LogP contribution in [0.3, 0.4) is 0 Å². The predicted octanol–water partition coefficient (Wildman–Crippen LogP) is 3.31. The van der Waals surface area contributed by atoms with Crippen LogP contribution in [0.1, 0.15) is 64.1 Å². The number of hydrogen-bond acceptors (Lipinski definition) is 5. The van der Waals surface area contributed by atoms with Crippen molar-refractivity contribution >= 4 is 21.7 Å². The lowest BCUT2D eigenvalue weighted by Gasteiger charge is -2.21. The maximum absolute atomic E-state index is 12.6. The second-order valence-electron chi connectivity index (χ2n) is 8.14. The second-order valence-corrected chi connectivity index (χ2v) is 10.1. The Labute approximate surface area is 184 Å². The number of sulfonamides is 1. The summed E-state index contributed by atoms with van der Waals surface area (Å²) in [4.78, 5) is 12.8. The van der Waals surface area contributed by atoms with Crippen LogP contribution >= 0.6 is 0 Å². The van der Waals surface area contributed by atoms with Gasteiger partial charge in [0.2, 0.25) is 10.0 Å². The summed E-state index contributed by atoms with van der Waals surface area (Å²) < 4.78 is 28.6. The van der Waals surface area contributed by atoms with E-state index in [4.69, 9.17) is 0 Å². The number of rotatable bonds is 7. The summed E-state index contributed by atoms with van der Waals surface area (Å²) in [5.74, 6) is 1.77. The number of aryl methyl sites for hydroxylation is 1. The van der Waals surface area contributed by atoms with Crippen molar-refractivity contribution < 1.29 is 13.2 Å². The molecule has 170 valence electrons.